The maximum Gasteiger partial charge on any atom is 0.338 e. The van der Waals surface area contributed by atoms with Gasteiger partial charge in [0.05, 0.1) is 40.1 Å². The van der Waals surface area contributed by atoms with Gasteiger partial charge in [0.1, 0.15) is 5.75 Å². The molecule has 0 spiro atoms. The minimum Gasteiger partial charge on any atom is -0.492 e. The first-order valence-corrected chi connectivity index (χ1v) is 13.2. The van der Waals surface area contributed by atoms with Crippen LogP contribution in [0, 0.1) is 0 Å². The lowest BCUT2D eigenvalue weighted by molar-refractivity contribution is -0.139. The van der Waals surface area contributed by atoms with Crippen molar-refractivity contribution in [3.05, 3.63) is 95.1 Å². The first kappa shape index (κ1) is 25.9. The molecule has 0 unspecified atom stereocenters. The van der Waals surface area contributed by atoms with Crippen molar-refractivity contribution in [3.8, 4) is 5.75 Å². The third kappa shape index (κ3) is 5.04. The van der Waals surface area contributed by atoms with E-state index >= 15 is 0 Å². The molecule has 0 aliphatic carbocycles. The van der Waals surface area contributed by atoms with Gasteiger partial charge in [-0.05, 0) is 61.6 Å². The summed E-state index contributed by atoms with van der Waals surface area (Å²) in [5.74, 6) is 0.491. The van der Waals surface area contributed by atoms with E-state index < -0.39 is 12.0 Å². The summed E-state index contributed by atoms with van der Waals surface area (Å²) in [6, 6.07) is 12.8. The van der Waals surface area contributed by atoms with Crippen molar-refractivity contribution in [1.82, 2.24) is 4.57 Å². The molecule has 1 aliphatic rings. The van der Waals surface area contributed by atoms with E-state index in [0.717, 1.165) is 11.1 Å². The van der Waals surface area contributed by atoms with Gasteiger partial charge < -0.3 is 9.47 Å². The molecule has 0 radical (unpaired) electrons. The normalized spacial score (nSPS) is 15.6. The van der Waals surface area contributed by atoms with Crippen LogP contribution < -0.4 is 19.6 Å². The highest BCUT2D eigenvalue weighted by Gasteiger charge is 2.33. The van der Waals surface area contributed by atoms with Crippen molar-refractivity contribution < 1.29 is 14.3 Å². The Hall–Kier alpha value is -3.16. The van der Waals surface area contributed by atoms with Gasteiger partial charge in [-0.15, -0.1) is 0 Å². The van der Waals surface area contributed by atoms with Crippen LogP contribution in [0.3, 0.4) is 0 Å². The zero-order chi connectivity index (χ0) is 26.0. The molecule has 2 heterocycles. The molecule has 1 atom stereocenters. The molecule has 0 bridgehead atoms. The smallest absolute Gasteiger partial charge is 0.338 e. The van der Waals surface area contributed by atoms with Gasteiger partial charge in [0.15, 0.2) is 4.80 Å². The second kappa shape index (κ2) is 10.8. The molecule has 1 aliphatic heterocycles. The van der Waals surface area contributed by atoms with Crippen molar-refractivity contribution in [1.29, 1.82) is 0 Å². The van der Waals surface area contributed by atoms with Crippen molar-refractivity contribution in [2.24, 2.45) is 4.99 Å². The fraction of sp³-hybridized carbons (Fsp3) is 0.321. The number of allylic oxidation sites excluding steroid dienone is 1. The Morgan fingerprint density at radius 3 is 2.50 bits per heavy atom. The summed E-state index contributed by atoms with van der Waals surface area (Å²) < 4.78 is 13.0. The number of carbonyl (C=O) groups excluding carboxylic acids is 1. The Bertz CT molecular complexity index is 1500. The monoisotopic (exact) mass is 524 g/mol. The number of esters is 1. The number of rotatable bonds is 7. The predicted molar refractivity (Wildman–Crippen MR) is 144 cm³/mol. The Morgan fingerprint density at radius 1 is 1.17 bits per heavy atom. The molecule has 1 aromatic heterocycles. The Balaban J connectivity index is 1.89. The van der Waals surface area contributed by atoms with Gasteiger partial charge >= 0.3 is 5.97 Å². The molecule has 0 amide bonds. The number of fused-ring (bicyclic) bond motifs is 1. The quantitative estimate of drug-likeness (QED) is 0.409. The molecule has 8 heteroatoms. The van der Waals surface area contributed by atoms with E-state index in [4.69, 9.17) is 21.1 Å². The lowest BCUT2D eigenvalue weighted by atomic mass is 9.93. The number of carbonyl (C=O) groups is 1. The summed E-state index contributed by atoms with van der Waals surface area (Å²) in [5, 5.41) is 0.474. The first-order chi connectivity index (χ1) is 17.2. The van der Waals surface area contributed by atoms with Crippen molar-refractivity contribution in [2.45, 2.75) is 46.6 Å². The molecule has 4 rings (SSSR count). The Morgan fingerprint density at radius 2 is 1.89 bits per heavy atom. The number of hydrogen-bond acceptors (Lipinski definition) is 6. The van der Waals surface area contributed by atoms with Gasteiger partial charge in [0.2, 0.25) is 0 Å². The van der Waals surface area contributed by atoms with Gasteiger partial charge in [-0.25, -0.2) is 9.79 Å². The first-order valence-electron chi connectivity index (χ1n) is 12.0. The lowest BCUT2D eigenvalue weighted by Crippen LogP contribution is -2.39. The van der Waals surface area contributed by atoms with Crippen LogP contribution in [0.15, 0.2) is 63.5 Å². The number of thiazole rings is 1. The van der Waals surface area contributed by atoms with E-state index in [1.54, 1.807) is 36.6 Å². The number of ether oxygens (including phenoxy) is 2. The second-order valence-electron chi connectivity index (χ2n) is 8.75. The largest absolute Gasteiger partial charge is 0.492 e. The summed E-state index contributed by atoms with van der Waals surface area (Å²) >= 11 is 7.64. The van der Waals surface area contributed by atoms with Gasteiger partial charge in [0, 0.05) is 0 Å². The van der Waals surface area contributed by atoms with E-state index in [9.17, 15) is 9.59 Å². The Labute approximate surface area is 219 Å². The minimum atomic E-state index is -0.632. The highest BCUT2D eigenvalue weighted by Crippen LogP contribution is 2.31. The maximum absolute atomic E-state index is 13.7. The minimum absolute atomic E-state index is 0.226. The number of nitrogens with zero attached hydrogens (tertiary/aromatic N) is 2. The van der Waals surface area contributed by atoms with Crippen LogP contribution in [0.2, 0.25) is 5.02 Å². The summed E-state index contributed by atoms with van der Waals surface area (Å²) in [5.41, 5.74) is 3.47. The van der Waals surface area contributed by atoms with Crippen LogP contribution in [0.25, 0.3) is 6.08 Å². The number of benzene rings is 2. The molecule has 36 heavy (non-hydrogen) atoms. The molecule has 0 N–H and O–H groups in total. The SMILES string of the molecule is CCOC(=O)C1=C(C)N=c2s/c(=C\c3ccc(OCC)c(Cl)c3)c(=O)n2[C@H]1c1ccc(C(C)C)cc1. The Kier molecular flexibility index (Phi) is 7.81. The fourth-order valence-electron chi connectivity index (χ4n) is 4.20. The summed E-state index contributed by atoms with van der Waals surface area (Å²) in [4.78, 5) is 31.9. The van der Waals surface area contributed by atoms with Crippen molar-refractivity contribution in [3.63, 3.8) is 0 Å². The lowest BCUT2D eigenvalue weighted by Gasteiger charge is -2.25. The molecule has 0 saturated carbocycles. The second-order valence-corrected chi connectivity index (χ2v) is 10.2. The van der Waals surface area contributed by atoms with Crippen LogP contribution in [-0.4, -0.2) is 23.8 Å². The van der Waals surface area contributed by atoms with Gasteiger partial charge in [-0.1, -0.05) is 67.1 Å². The standard InChI is InChI=1S/C28H29ClN2O4S/c1-6-34-22-13-8-18(14-21(22)29)15-23-26(32)31-25(20-11-9-19(10-12-20)16(3)4)24(27(33)35-7-2)17(5)30-28(31)36-23/h8-16,25H,6-7H2,1-5H3/b23-15-/t25-/m0/s1. The average molecular weight is 525 g/mol. The molecule has 0 saturated heterocycles. The molecule has 2 aromatic carbocycles. The van der Waals surface area contributed by atoms with Gasteiger partial charge in [-0.3, -0.25) is 9.36 Å². The molecule has 6 nitrogen and oxygen atoms in total. The summed E-state index contributed by atoms with van der Waals surface area (Å²) in [7, 11) is 0. The molecular weight excluding hydrogens is 496 g/mol. The molecule has 0 fully saturated rings. The topological polar surface area (TPSA) is 69.9 Å². The third-order valence-electron chi connectivity index (χ3n) is 5.99. The zero-order valence-corrected chi connectivity index (χ0v) is 22.6. The van der Waals surface area contributed by atoms with E-state index in [-0.39, 0.29) is 12.2 Å². The third-order valence-corrected chi connectivity index (χ3v) is 7.27. The highest BCUT2D eigenvalue weighted by molar-refractivity contribution is 7.07. The predicted octanol–water partition coefficient (Wildman–Crippen LogP) is 4.97. The zero-order valence-electron chi connectivity index (χ0n) is 21.0. The van der Waals surface area contributed by atoms with Crippen molar-refractivity contribution >= 4 is 35.0 Å². The number of aromatic nitrogens is 1. The fourth-order valence-corrected chi connectivity index (χ4v) is 5.49. The molecule has 188 valence electrons. The number of halogens is 1. The number of hydrogen-bond donors (Lipinski definition) is 0. The van der Waals surface area contributed by atoms with Crippen LogP contribution in [0.5, 0.6) is 5.75 Å². The molecular formula is C28H29ClN2O4S. The van der Waals surface area contributed by atoms with Crippen LogP contribution >= 0.6 is 22.9 Å². The summed E-state index contributed by atoms with van der Waals surface area (Å²) in [6.07, 6.45) is 1.79. The van der Waals surface area contributed by atoms with Crippen LogP contribution in [0.4, 0.5) is 0 Å². The van der Waals surface area contributed by atoms with E-state index in [1.807, 2.05) is 37.3 Å². The van der Waals surface area contributed by atoms with Crippen molar-refractivity contribution in [2.75, 3.05) is 13.2 Å². The van der Waals surface area contributed by atoms with E-state index in [1.165, 1.54) is 16.9 Å². The average Bonchev–Trinajstić information content (AvgIpc) is 3.14. The van der Waals surface area contributed by atoms with Gasteiger partial charge in [0.25, 0.3) is 5.56 Å². The molecule has 3 aromatic rings. The van der Waals surface area contributed by atoms with Crippen LogP contribution in [0.1, 0.15) is 63.3 Å². The maximum atomic E-state index is 13.7. The van der Waals surface area contributed by atoms with Gasteiger partial charge in [-0.2, -0.15) is 0 Å². The van der Waals surface area contributed by atoms with Crippen LogP contribution in [-0.2, 0) is 9.53 Å². The summed E-state index contributed by atoms with van der Waals surface area (Å²) in [6.45, 7) is 10.4. The van der Waals surface area contributed by atoms with E-state index in [2.05, 4.69) is 18.8 Å². The highest BCUT2D eigenvalue weighted by atomic mass is 35.5. The van der Waals surface area contributed by atoms with E-state index in [0.29, 0.717) is 43.9 Å².